The molecule has 1 aliphatic carbocycles. The van der Waals surface area contributed by atoms with Crippen molar-refractivity contribution in [1.29, 1.82) is 0 Å². The van der Waals surface area contributed by atoms with Crippen LogP contribution in [0, 0.1) is 11.6 Å². The number of rotatable bonds is 5. The fraction of sp³-hybridized carbons (Fsp3) is 0.455. The zero-order valence-electron chi connectivity index (χ0n) is 8.30. The molecule has 1 N–H and O–H groups in total. The van der Waals surface area contributed by atoms with Crippen molar-refractivity contribution in [3.8, 4) is 5.75 Å². The highest BCUT2D eigenvalue weighted by atomic mass is 19.2. The molecule has 2 rings (SSSR count). The SMILES string of the molecule is Fc1ccc(OCCNC2CC2)cc1F. The molecule has 1 aliphatic rings. The minimum Gasteiger partial charge on any atom is -0.492 e. The molecule has 1 aromatic rings. The van der Waals surface area contributed by atoms with E-state index >= 15 is 0 Å². The van der Waals surface area contributed by atoms with Gasteiger partial charge >= 0.3 is 0 Å². The summed E-state index contributed by atoms with van der Waals surface area (Å²) in [6.07, 6.45) is 2.45. The van der Waals surface area contributed by atoms with Gasteiger partial charge in [0.2, 0.25) is 0 Å². The molecule has 0 unspecified atom stereocenters. The van der Waals surface area contributed by atoms with Crippen molar-refractivity contribution < 1.29 is 13.5 Å². The van der Waals surface area contributed by atoms with Gasteiger partial charge in [0.1, 0.15) is 12.4 Å². The molecule has 0 aliphatic heterocycles. The molecule has 0 radical (unpaired) electrons. The Labute approximate surface area is 87.2 Å². The second-order valence-electron chi connectivity index (χ2n) is 3.65. The molecule has 1 aromatic carbocycles. The normalized spacial score (nSPS) is 15.3. The summed E-state index contributed by atoms with van der Waals surface area (Å²) in [5.74, 6) is -1.35. The molecule has 15 heavy (non-hydrogen) atoms. The van der Waals surface area contributed by atoms with Crippen molar-refractivity contribution in [2.45, 2.75) is 18.9 Å². The Morgan fingerprint density at radius 1 is 1.27 bits per heavy atom. The highest BCUT2D eigenvalue weighted by Crippen LogP contribution is 2.18. The van der Waals surface area contributed by atoms with E-state index in [4.69, 9.17) is 4.74 Å². The lowest BCUT2D eigenvalue weighted by atomic mass is 10.3. The lowest BCUT2D eigenvalue weighted by molar-refractivity contribution is 0.310. The van der Waals surface area contributed by atoms with Crippen LogP contribution in [0.5, 0.6) is 5.75 Å². The van der Waals surface area contributed by atoms with Crippen LogP contribution in [0.3, 0.4) is 0 Å². The van der Waals surface area contributed by atoms with E-state index in [1.807, 2.05) is 0 Å². The van der Waals surface area contributed by atoms with Gasteiger partial charge in [-0.05, 0) is 25.0 Å². The van der Waals surface area contributed by atoms with Crippen LogP contribution in [0.4, 0.5) is 8.78 Å². The van der Waals surface area contributed by atoms with Crippen LogP contribution in [0.1, 0.15) is 12.8 Å². The topological polar surface area (TPSA) is 21.3 Å². The molecule has 0 heterocycles. The van der Waals surface area contributed by atoms with Gasteiger partial charge in [-0.3, -0.25) is 0 Å². The molecule has 0 amide bonds. The predicted octanol–water partition coefficient (Wildman–Crippen LogP) is 2.10. The Morgan fingerprint density at radius 2 is 2.07 bits per heavy atom. The molecular formula is C11H13F2NO. The lowest BCUT2D eigenvalue weighted by Crippen LogP contribution is -2.22. The monoisotopic (exact) mass is 213 g/mol. The number of ether oxygens (including phenoxy) is 1. The molecule has 1 saturated carbocycles. The van der Waals surface area contributed by atoms with E-state index < -0.39 is 11.6 Å². The van der Waals surface area contributed by atoms with E-state index in [1.54, 1.807) is 0 Å². The highest BCUT2D eigenvalue weighted by molar-refractivity contribution is 5.23. The molecule has 1 fully saturated rings. The second-order valence-corrected chi connectivity index (χ2v) is 3.65. The van der Waals surface area contributed by atoms with E-state index in [0.29, 0.717) is 18.4 Å². The van der Waals surface area contributed by atoms with Gasteiger partial charge in [-0.25, -0.2) is 8.78 Å². The first kappa shape index (κ1) is 10.4. The van der Waals surface area contributed by atoms with Gasteiger partial charge < -0.3 is 10.1 Å². The van der Waals surface area contributed by atoms with Gasteiger partial charge in [0.05, 0.1) is 0 Å². The minimum atomic E-state index is -0.873. The Morgan fingerprint density at radius 3 is 2.73 bits per heavy atom. The maximum Gasteiger partial charge on any atom is 0.162 e. The summed E-state index contributed by atoms with van der Waals surface area (Å²) >= 11 is 0. The van der Waals surface area contributed by atoms with Gasteiger partial charge in [-0.15, -0.1) is 0 Å². The first-order valence-corrected chi connectivity index (χ1v) is 5.07. The van der Waals surface area contributed by atoms with E-state index in [2.05, 4.69) is 5.32 Å². The number of hydrogen-bond acceptors (Lipinski definition) is 2. The van der Waals surface area contributed by atoms with Crippen LogP contribution in [0.2, 0.25) is 0 Å². The van der Waals surface area contributed by atoms with E-state index in [-0.39, 0.29) is 0 Å². The summed E-state index contributed by atoms with van der Waals surface area (Å²) in [7, 11) is 0. The van der Waals surface area contributed by atoms with Crippen molar-refractivity contribution in [1.82, 2.24) is 5.32 Å². The highest BCUT2D eigenvalue weighted by Gasteiger charge is 2.19. The summed E-state index contributed by atoms with van der Waals surface area (Å²) < 4.78 is 30.6. The Balaban J connectivity index is 1.74. The zero-order chi connectivity index (χ0) is 10.7. The van der Waals surface area contributed by atoms with Crippen LogP contribution in [0.15, 0.2) is 18.2 Å². The number of benzene rings is 1. The van der Waals surface area contributed by atoms with Crippen molar-refractivity contribution in [3.63, 3.8) is 0 Å². The molecule has 0 aromatic heterocycles. The molecule has 0 atom stereocenters. The van der Waals surface area contributed by atoms with Gasteiger partial charge in [-0.2, -0.15) is 0 Å². The van der Waals surface area contributed by atoms with Crippen molar-refractivity contribution >= 4 is 0 Å². The van der Waals surface area contributed by atoms with Gasteiger partial charge in [0.25, 0.3) is 0 Å². The standard InChI is InChI=1S/C11H13F2NO/c12-10-4-3-9(7-11(10)13)15-6-5-14-8-1-2-8/h3-4,7-8,14H,1-2,5-6H2. The van der Waals surface area contributed by atoms with Crippen LogP contribution in [0.25, 0.3) is 0 Å². The minimum absolute atomic E-state index is 0.367. The maximum atomic E-state index is 12.8. The average molecular weight is 213 g/mol. The largest absolute Gasteiger partial charge is 0.492 e. The molecule has 2 nitrogen and oxygen atoms in total. The fourth-order valence-corrected chi connectivity index (χ4v) is 1.29. The van der Waals surface area contributed by atoms with E-state index in [9.17, 15) is 8.78 Å². The third-order valence-corrected chi connectivity index (χ3v) is 2.27. The first-order valence-electron chi connectivity index (χ1n) is 5.07. The maximum absolute atomic E-state index is 12.8. The van der Waals surface area contributed by atoms with Crippen LogP contribution in [-0.2, 0) is 0 Å². The number of nitrogens with one attached hydrogen (secondary N) is 1. The average Bonchev–Trinajstić information content (AvgIpc) is 3.02. The van der Waals surface area contributed by atoms with Crippen molar-refractivity contribution in [3.05, 3.63) is 29.8 Å². The first-order chi connectivity index (χ1) is 7.25. The summed E-state index contributed by atoms with van der Waals surface area (Å²) in [5.41, 5.74) is 0. The van der Waals surface area contributed by atoms with Gasteiger partial charge in [-0.1, -0.05) is 0 Å². The molecule has 0 spiro atoms. The van der Waals surface area contributed by atoms with Gasteiger partial charge in [0.15, 0.2) is 11.6 Å². The van der Waals surface area contributed by atoms with Gasteiger partial charge in [0, 0.05) is 18.7 Å². The zero-order valence-corrected chi connectivity index (χ0v) is 8.30. The molecule has 4 heteroatoms. The molecule has 0 bridgehead atoms. The fourth-order valence-electron chi connectivity index (χ4n) is 1.29. The molecule has 82 valence electrons. The molecular weight excluding hydrogens is 200 g/mol. The Bertz CT molecular complexity index is 339. The summed E-state index contributed by atoms with van der Waals surface area (Å²) in [6.45, 7) is 1.21. The predicted molar refractivity (Wildman–Crippen MR) is 52.9 cm³/mol. The summed E-state index contributed by atoms with van der Waals surface area (Å²) in [6, 6.07) is 4.19. The third kappa shape index (κ3) is 3.16. The quantitative estimate of drug-likeness (QED) is 0.756. The summed E-state index contributed by atoms with van der Waals surface area (Å²) in [4.78, 5) is 0. The third-order valence-electron chi connectivity index (χ3n) is 2.27. The summed E-state index contributed by atoms with van der Waals surface area (Å²) in [5, 5.41) is 3.26. The smallest absolute Gasteiger partial charge is 0.162 e. The van der Waals surface area contributed by atoms with Crippen molar-refractivity contribution in [2.24, 2.45) is 0 Å². The van der Waals surface area contributed by atoms with Crippen LogP contribution >= 0.6 is 0 Å². The Hall–Kier alpha value is -1.16. The second kappa shape index (κ2) is 4.57. The van der Waals surface area contributed by atoms with Crippen LogP contribution < -0.4 is 10.1 Å². The van der Waals surface area contributed by atoms with E-state index in [0.717, 1.165) is 18.7 Å². The molecule has 0 saturated heterocycles. The van der Waals surface area contributed by atoms with E-state index in [1.165, 1.54) is 18.9 Å². The van der Waals surface area contributed by atoms with Crippen molar-refractivity contribution in [2.75, 3.05) is 13.2 Å². The lowest BCUT2D eigenvalue weighted by Gasteiger charge is -2.06. The number of hydrogen-bond donors (Lipinski definition) is 1. The Kier molecular flexibility index (Phi) is 3.16. The number of halogens is 2. The van der Waals surface area contributed by atoms with Crippen LogP contribution in [-0.4, -0.2) is 19.2 Å².